The summed E-state index contributed by atoms with van der Waals surface area (Å²) in [5, 5.41) is 12.3. The van der Waals surface area contributed by atoms with Gasteiger partial charge in [-0.2, -0.15) is 0 Å². The second-order valence-corrected chi connectivity index (χ2v) is 3.19. The van der Waals surface area contributed by atoms with Gasteiger partial charge in [0, 0.05) is 6.54 Å². The first-order chi connectivity index (χ1) is 6.25. The minimum atomic E-state index is -0.998. The number of anilines is 1. The fourth-order valence-corrected chi connectivity index (χ4v) is 1.51. The Hall–Kier alpha value is -1.36. The van der Waals surface area contributed by atoms with Crippen molar-refractivity contribution in [1.82, 2.24) is 4.98 Å². The van der Waals surface area contributed by atoms with Crippen LogP contribution in [-0.2, 0) is 0 Å². The second-order valence-electron chi connectivity index (χ2n) is 2.34. The first-order valence-electron chi connectivity index (χ1n) is 3.77. The van der Waals surface area contributed by atoms with E-state index < -0.39 is 5.97 Å². The topological polar surface area (TPSA) is 62.2 Å². The quantitative estimate of drug-likeness (QED) is 0.559. The molecule has 0 aliphatic carbocycles. The highest BCUT2D eigenvalue weighted by atomic mass is 32.1. The van der Waals surface area contributed by atoms with E-state index in [0.717, 1.165) is 6.42 Å². The van der Waals surface area contributed by atoms with E-state index in [-0.39, 0.29) is 5.69 Å². The van der Waals surface area contributed by atoms with Crippen LogP contribution in [0.15, 0.2) is 18.2 Å². The van der Waals surface area contributed by atoms with Crippen LogP contribution in [0.4, 0.5) is 5.00 Å². The van der Waals surface area contributed by atoms with E-state index >= 15 is 0 Å². The van der Waals surface area contributed by atoms with Crippen LogP contribution in [0.25, 0.3) is 0 Å². The average molecular weight is 198 g/mol. The first-order valence-corrected chi connectivity index (χ1v) is 4.65. The third-order valence-corrected chi connectivity index (χ3v) is 2.19. The maximum Gasteiger partial charge on any atom is 0.357 e. The minimum absolute atomic E-state index is 0.0917. The molecular weight excluding hydrogens is 188 g/mol. The van der Waals surface area contributed by atoms with Gasteiger partial charge in [0.2, 0.25) is 0 Å². The Morgan fingerprint density at radius 3 is 3.23 bits per heavy atom. The molecule has 0 spiro atoms. The predicted octanol–water partition coefficient (Wildman–Crippen LogP) is 1.83. The fraction of sp³-hybridized carbons (Fsp3) is 0.250. The molecule has 0 aromatic carbocycles. The normalized spacial score (nSPS) is 9.54. The summed E-state index contributed by atoms with van der Waals surface area (Å²) in [6.45, 7) is 4.25. The van der Waals surface area contributed by atoms with Gasteiger partial charge in [0.15, 0.2) is 5.69 Å². The molecule has 0 bridgehead atoms. The molecule has 1 aromatic heterocycles. The molecule has 0 aliphatic heterocycles. The van der Waals surface area contributed by atoms with E-state index in [9.17, 15) is 4.79 Å². The van der Waals surface area contributed by atoms with Crippen LogP contribution in [0.2, 0.25) is 0 Å². The lowest BCUT2D eigenvalue weighted by molar-refractivity contribution is 0.0692. The van der Waals surface area contributed by atoms with E-state index in [1.807, 2.05) is 0 Å². The molecule has 0 amide bonds. The number of nitrogens with one attached hydrogen (secondary N) is 1. The van der Waals surface area contributed by atoms with Crippen LogP contribution in [0.3, 0.4) is 0 Å². The molecule has 70 valence electrons. The molecule has 1 rings (SSSR count). The third-order valence-electron chi connectivity index (χ3n) is 1.40. The lowest BCUT2D eigenvalue weighted by Gasteiger charge is -2.00. The van der Waals surface area contributed by atoms with Gasteiger partial charge in [0.1, 0.15) is 5.00 Å². The van der Waals surface area contributed by atoms with Gasteiger partial charge < -0.3 is 10.4 Å². The van der Waals surface area contributed by atoms with Gasteiger partial charge in [-0.1, -0.05) is 6.08 Å². The highest BCUT2D eigenvalue weighted by Crippen LogP contribution is 2.19. The molecule has 0 unspecified atom stereocenters. The molecule has 1 aromatic rings. The van der Waals surface area contributed by atoms with Crippen molar-refractivity contribution >= 4 is 22.3 Å². The summed E-state index contributed by atoms with van der Waals surface area (Å²) in [4.78, 5) is 14.3. The molecule has 0 radical (unpaired) electrons. The van der Waals surface area contributed by atoms with Gasteiger partial charge in [-0.3, -0.25) is 0 Å². The molecule has 1 heterocycles. The predicted molar refractivity (Wildman–Crippen MR) is 52.4 cm³/mol. The number of aromatic carboxylic acids is 1. The molecule has 0 aliphatic rings. The molecule has 5 heteroatoms. The number of hydrogen-bond donors (Lipinski definition) is 2. The van der Waals surface area contributed by atoms with Crippen LogP contribution in [0.5, 0.6) is 0 Å². The maximum absolute atomic E-state index is 10.6. The Kier molecular flexibility index (Phi) is 3.45. The van der Waals surface area contributed by atoms with Crippen LogP contribution < -0.4 is 5.32 Å². The van der Waals surface area contributed by atoms with Crippen LogP contribution in [0, 0.1) is 0 Å². The molecular formula is C8H10N2O2S. The largest absolute Gasteiger partial charge is 0.476 e. The molecule has 0 fully saturated rings. The summed E-state index contributed by atoms with van der Waals surface area (Å²) in [5.74, 6) is -0.998. The lowest BCUT2D eigenvalue weighted by Crippen LogP contribution is -2.05. The molecule has 0 saturated heterocycles. The van der Waals surface area contributed by atoms with Crippen LogP contribution >= 0.6 is 11.3 Å². The molecule has 0 atom stereocenters. The summed E-state index contributed by atoms with van der Waals surface area (Å²) in [5.41, 5.74) is 1.61. The van der Waals surface area contributed by atoms with Crippen molar-refractivity contribution in [3.05, 3.63) is 23.9 Å². The van der Waals surface area contributed by atoms with Gasteiger partial charge in [-0.15, -0.1) is 17.9 Å². The molecule has 4 nitrogen and oxygen atoms in total. The minimum Gasteiger partial charge on any atom is -0.476 e. The van der Waals surface area contributed by atoms with Crippen LogP contribution in [-0.4, -0.2) is 22.6 Å². The van der Waals surface area contributed by atoms with E-state index in [1.54, 1.807) is 6.08 Å². The number of carbonyl (C=O) groups is 1. The van der Waals surface area contributed by atoms with E-state index in [4.69, 9.17) is 5.11 Å². The van der Waals surface area contributed by atoms with E-state index in [2.05, 4.69) is 16.9 Å². The Morgan fingerprint density at radius 1 is 1.85 bits per heavy atom. The van der Waals surface area contributed by atoms with Crippen molar-refractivity contribution < 1.29 is 9.90 Å². The van der Waals surface area contributed by atoms with Gasteiger partial charge in [0.25, 0.3) is 0 Å². The van der Waals surface area contributed by atoms with Gasteiger partial charge in [-0.05, 0) is 6.42 Å². The zero-order chi connectivity index (χ0) is 9.68. The monoisotopic (exact) mass is 198 g/mol. The summed E-state index contributed by atoms with van der Waals surface area (Å²) < 4.78 is 0. The molecule has 0 saturated carbocycles. The number of aromatic nitrogens is 1. The van der Waals surface area contributed by atoms with Gasteiger partial charge >= 0.3 is 5.97 Å². The Morgan fingerprint density at radius 2 is 2.62 bits per heavy atom. The smallest absolute Gasteiger partial charge is 0.357 e. The molecule has 13 heavy (non-hydrogen) atoms. The lowest BCUT2D eigenvalue weighted by atomic mass is 10.4. The van der Waals surface area contributed by atoms with Gasteiger partial charge in [0.05, 0.1) is 5.51 Å². The number of hydrogen-bond acceptors (Lipinski definition) is 4. The Labute approximate surface area is 79.9 Å². The summed E-state index contributed by atoms with van der Waals surface area (Å²) in [7, 11) is 0. The van der Waals surface area contributed by atoms with Crippen molar-refractivity contribution in [3.8, 4) is 0 Å². The van der Waals surface area contributed by atoms with Crippen molar-refractivity contribution in [2.45, 2.75) is 6.42 Å². The summed E-state index contributed by atoms with van der Waals surface area (Å²) in [6.07, 6.45) is 2.57. The van der Waals surface area contributed by atoms with E-state index in [1.165, 1.54) is 16.8 Å². The number of thiazole rings is 1. The standard InChI is InChI=1S/C8H10N2O2S/c1-2-3-4-9-7-6(8(11)12)10-5-13-7/h2,5,9H,1,3-4H2,(H,11,12). The highest BCUT2D eigenvalue weighted by molar-refractivity contribution is 7.14. The Balaban J connectivity index is 2.60. The summed E-state index contributed by atoms with van der Waals surface area (Å²) >= 11 is 1.29. The fourth-order valence-electron chi connectivity index (χ4n) is 0.812. The second kappa shape index (κ2) is 4.61. The zero-order valence-corrected chi connectivity index (χ0v) is 7.80. The van der Waals surface area contributed by atoms with Crippen molar-refractivity contribution in [2.75, 3.05) is 11.9 Å². The van der Waals surface area contributed by atoms with E-state index in [0.29, 0.717) is 11.5 Å². The van der Waals surface area contributed by atoms with Crippen molar-refractivity contribution in [1.29, 1.82) is 0 Å². The number of carboxylic acid groups (broad SMARTS) is 1. The third kappa shape index (κ3) is 2.55. The van der Waals surface area contributed by atoms with Gasteiger partial charge in [-0.25, -0.2) is 9.78 Å². The maximum atomic E-state index is 10.6. The number of nitrogens with zero attached hydrogens (tertiary/aromatic N) is 1. The number of carboxylic acids is 1. The highest BCUT2D eigenvalue weighted by Gasteiger charge is 2.11. The number of rotatable bonds is 5. The van der Waals surface area contributed by atoms with Crippen molar-refractivity contribution in [3.63, 3.8) is 0 Å². The SMILES string of the molecule is C=CCCNc1scnc1C(=O)O. The van der Waals surface area contributed by atoms with Crippen LogP contribution in [0.1, 0.15) is 16.9 Å². The zero-order valence-electron chi connectivity index (χ0n) is 6.99. The average Bonchev–Trinajstić information content (AvgIpc) is 2.53. The Bertz CT molecular complexity index is 309. The van der Waals surface area contributed by atoms with Crippen molar-refractivity contribution in [2.24, 2.45) is 0 Å². The first kappa shape index (κ1) is 9.73. The molecule has 2 N–H and O–H groups in total. The summed E-state index contributed by atoms with van der Waals surface area (Å²) in [6, 6.07) is 0.